The van der Waals surface area contributed by atoms with E-state index < -0.39 is 77.2 Å². The summed E-state index contributed by atoms with van der Waals surface area (Å²) < 4.78 is 87.9. The third kappa shape index (κ3) is 9.63. The average Bonchev–Trinajstić information content (AvgIpc) is 2.80. The summed E-state index contributed by atoms with van der Waals surface area (Å²) in [6.45, 7) is 0. The summed E-state index contributed by atoms with van der Waals surface area (Å²) in [7, 11) is -14.2. The molecule has 2 unspecified atom stereocenters. The van der Waals surface area contributed by atoms with Gasteiger partial charge in [0, 0.05) is 11.4 Å². The van der Waals surface area contributed by atoms with E-state index in [1.807, 2.05) is 0 Å². The van der Waals surface area contributed by atoms with Crippen LogP contribution in [0, 0.1) is 0 Å². The van der Waals surface area contributed by atoms with Crippen LogP contribution in [0.1, 0.15) is 12.8 Å². The van der Waals surface area contributed by atoms with E-state index in [9.17, 15) is 44.4 Å². The SMILES string of the molecule is O=C(CC(C(=O)O)S(=O)(=O)O)Nc1ccc(S(=O)(=O)c2ccc(NC(=O)CC(C(=O)O)S(=O)(=O)O)cc2)cc1.[Na+]. The Kier molecular flexibility index (Phi) is 12.0. The monoisotopic (exact) mass is 631 g/mol. The van der Waals surface area contributed by atoms with E-state index in [1.54, 1.807) is 0 Å². The standard InChI is InChI=1S/C20H20N2O14S3.Na/c23-17(9-15(19(25)26)38(31,32)33)21-11-1-5-13(6-2-11)37(29,30)14-7-3-12(4-8-14)22-18(24)10-16(20(27)28)39(34,35)36;/h1-8,15-16H,9-10H2,(H,21,23)(H,22,24)(H,25,26)(H,27,28)(H,31,32,33)(H,34,35,36);/q;+1. The normalized spacial score (nSPS) is 13.2. The van der Waals surface area contributed by atoms with Crippen molar-refractivity contribution >= 4 is 65.2 Å². The molecule has 0 bridgehead atoms. The molecule has 40 heavy (non-hydrogen) atoms. The summed E-state index contributed by atoms with van der Waals surface area (Å²) in [6.07, 6.45) is -2.21. The third-order valence-electron chi connectivity index (χ3n) is 4.91. The van der Waals surface area contributed by atoms with Crippen molar-refractivity contribution in [3.8, 4) is 0 Å². The maximum atomic E-state index is 12.9. The molecule has 20 heteroatoms. The molecule has 0 aromatic heterocycles. The zero-order valence-corrected chi connectivity index (χ0v) is 24.7. The minimum Gasteiger partial charge on any atom is -0.480 e. The van der Waals surface area contributed by atoms with Gasteiger partial charge in [-0.25, -0.2) is 8.42 Å². The van der Waals surface area contributed by atoms with Crippen molar-refractivity contribution in [3.63, 3.8) is 0 Å². The fraction of sp³-hybridized carbons (Fsp3) is 0.200. The Morgan fingerprint density at radius 3 is 1.10 bits per heavy atom. The number of carbonyl (C=O) groups is 4. The van der Waals surface area contributed by atoms with Crippen LogP contribution in [0.4, 0.5) is 11.4 Å². The first kappa shape index (κ1) is 35.1. The zero-order valence-electron chi connectivity index (χ0n) is 20.3. The van der Waals surface area contributed by atoms with Crippen molar-refractivity contribution in [2.24, 2.45) is 0 Å². The van der Waals surface area contributed by atoms with Gasteiger partial charge in [0.25, 0.3) is 20.2 Å². The first-order valence-corrected chi connectivity index (χ1v) is 14.7. The molecule has 0 aliphatic carbocycles. The second kappa shape index (κ2) is 13.6. The van der Waals surface area contributed by atoms with Gasteiger partial charge in [0.2, 0.25) is 21.7 Å². The van der Waals surface area contributed by atoms with Crippen LogP contribution in [0.5, 0.6) is 0 Å². The topological polar surface area (TPSA) is 276 Å². The van der Waals surface area contributed by atoms with Gasteiger partial charge in [-0.05, 0) is 48.5 Å². The van der Waals surface area contributed by atoms with Crippen molar-refractivity contribution in [2.75, 3.05) is 10.6 Å². The number of sulfone groups is 1. The maximum absolute atomic E-state index is 12.9. The van der Waals surface area contributed by atoms with Gasteiger partial charge < -0.3 is 20.8 Å². The van der Waals surface area contributed by atoms with E-state index in [0.29, 0.717) is 0 Å². The summed E-state index contributed by atoms with van der Waals surface area (Å²) in [5.41, 5.74) is -0.0258. The van der Waals surface area contributed by atoms with Gasteiger partial charge >= 0.3 is 41.5 Å². The first-order chi connectivity index (χ1) is 17.8. The number of hydrogen-bond donors (Lipinski definition) is 6. The molecule has 0 fully saturated rings. The molecule has 2 aromatic carbocycles. The first-order valence-electron chi connectivity index (χ1n) is 10.3. The molecular weight excluding hydrogens is 611 g/mol. The fourth-order valence-corrected chi connectivity index (χ4v) is 5.47. The van der Waals surface area contributed by atoms with Crippen molar-refractivity contribution < 1.29 is 93.3 Å². The summed E-state index contributed by atoms with van der Waals surface area (Å²) in [5.74, 6) is -6.05. The molecule has 2 atom stereocenters. The van der Waals surface area contributed by atoms with Crippen molar-refractivity contribution in [2.45, 2.75) is 33.1 Å². The van der Waals surface area contributed by atoms with Crippen LogP contribution in [-0.2, 0) is 49.3 Å². The molecule has 0 spiro atoms. The van der Waals surface area contributed by atoms with E-state index in [-0.39, 0.29) is 50.7 Å². The molecule has 0 heterocycles. The Hall–Kier alpha value is -2.91. The quantitative estimate of drug-likeness (QED) is 0.0998. The summed E-state index contributed by atoms with van der Waals surface area (Å²) in [6, 6.07) is 8.87. The number of anilines is 2. The van der Waals surface area contributed by atoms with E-state index in [0.717, 1.165) is 48.5 Å². The van der Waals surface area contributed by atoms with Gasteiger partial charge in [-0.3, -0.25) is 28.3 Å². The van der Waals surface area contributed by atoms with E-state index in [2.05, 4.69) is 10.6 Å². The van der Waals surface area contributed by atoms with Gasteiger partial charge in [-0.2, -0.15) is 16.8 Å². The van der Waals surface area contributed by atoms with Crippen LogP contribution in [0.3, 0.4) is 0 Å². The smallest absolute Gasteiger partial charge is 0.480 e. The van der Waals surface area contributed by atoms with Crippen LogP contribution >= 0.6 is 0 Å². The minimum atomic E-state index is -5.05. The Labute approximate surface area is 249 Å². The van der Waals surface area contributed by atoms with Crippen LogP contribution in [0.15, 0.2) is 58.3 Å². The number of aliphatic carboxylic acids is 2. The van der Waals surface area contributed by atoms with E-state index in [4.69, 9.17) is 19.3 Å². The largest absolute Gasteiger partial charge is 1.00 e. The molecule has 2 aromatic rings. The van der Waals surface area contributed by atoms with Gasteiger partial charge in [0.1, 0.15) is 0 Å². The number of hydrogen-bond acceptors (Lipinski definition) is 10. The van der Waals surface area contributed by atoms with Crippen molar-refractivity contribution in [3.05, 3.63) is 48.5 Å². The molecule has 212 valence electrons. The number of carboxylic acid groups (broad SMARTS) is 2. The molecule has 16 nitrogen and oxygen atoms in total. The number of carboxylic acids is 2. The second-order valence-electron chi connectivity index (χ2n) is 7.74. The molecule has 2 amide bonds. The molecule has 0 radical (unpaired) electrons. The zero-order chi connectivity index (χ0) is 29.8. The van der Waals surface area contributed by atoms with Crippen molar-refractivity contribution in [1.29, 1.82) is 0 Å². The summed E-state index contributed by atoms with van der Waals surface area (Å²) in [5, 5.41) is 17.2. The molecule has 0 aliphatic rings. The molecule has 6 N–H and O–H groups in total. The predicted molar refractivity (Wildman–Crippen MR) is 131 cm³/mol. The molecule has 0 aliphatic heterocycles. The molecule has 2 rings (SSSR count). The number of benzene rings is 2. The van der Waals surface area contributed by atoms with Gasteiger partial charge in [0.05, 0.1) is 22.6 Å². The molecule has 0 saturated carbocycles. The summed E-state index contributed by atoms with van der Waals surface area (Å²) in [4.78, 5) is 45.3. The predicted octanol–water partition coefficient (Wildman–Crippen LogP) is -3.14. The van der Waals surface area contributed by atoms with Crippen LogP contribution in [0.2, 0.25) is 0 Å². The Morgan fingerprint density at radius 1 is 0.600 bits per heavy atom. The van der Waals surface area contributed by atoms with Crippen LogP contribution in [0.25, 0.3) is 0 Å². The number of carbonyl (C=O) groups excluding carboxylic acids is 2. The maximum Gasteiger partial charge on any atom is 1.00 e. The second-order valence-corrected chi connectivity index (χ2v) is 12.9. The summed E-state index contributed by atoms with van der Waals surface area (Å²) >= 11 is 0. The molecule has 0 saturated heterocycles. The fourth-order valence-electron chi connectivity index (χ4n) is 2.97. The van der Waals surface area contributed by atoms with Gasteiger partial charge in [-0.15, -0.1) is 0 Å². The Morgan fingerprint density at radius 2 is 0.875 bits per heavy atom. The van der Waals surface area contributed by atoms with E-state index in [1.165, 1.54) is 0 Å². The Balaban J connectivity index is 0.00000800. The third-order valence-corrected chi connectivity index (χ3v) is 8.87. The van der Waals surface area contributed by atoms with Crippen molar-refractivity contribution in [1.82, 2.24) is 0 Å². The Bertz CT molecular complexity index is 1490. The number of amides is 2. The van der Waals surface area contributed by atoms with Crippen LogP contribution in [-0.4, -0.2) is 78.8 Å². The number of nitrogens with one attached hydrogen (secondary N) is 2. The molecular formula is C20H20N2NaO14S3+. The van der Waals surface area contributed by atoms with Gasteiger partial charge in [-0.1, -0.05) is 0 Å². The van der Waals surface area contributed by atoms with Crippen LogP contribution < -0.4 is 40.2 Å². The number of rotatable bonds is 12. The minimum absolute atomic E-state index is 0. The van der Waals surface area contributed by atoms with Gasteiger partial charge in [0.15, 0.2) is 10.5 Å². The average molecular weight is 632 g/mol. The van der Waals surface area contributed by atoms with E-state index >= 15 is 0 Å².